The Morgan fingerprint density at radius 3 is 2.70 bits per heavy atom. The molecule has 0 atom stereocenters. The van der Waals surface area contributed by atoms with Crippen LogP contribution in [-0.2, 0) is 13.0 Å². The fraction of sp³-hybridized carbons (Fsp3) is 0.429. The molecule has 0 unspecified atom stereocenters. The lowest BCUT2D eigenvalue weighted by atomic mass is 10.1. The SMILES string of the molecule is CN=C(NCCCn1nc(C)cc1C)NCCc1c[nH]c2cc(C)ccc12. The van der Waals surface area contributed by atoms with Crippen LogP contribution in [0.2, 0.25) is 0 Å². The van der Waals surface area contributed by atoms with E-state index in [0.29, 0.717) is 0 Å². The Morgan fingerprint density at radius 2 is 1.96 bits per heavy atom. The molecule has 3 aromatic rings. The molecule has 144 valence electrons. The van der Waals surface area contributed by atoms with Crippen LogP contribution < -0.4 is 10.6 Å². The van der Waals surface area contributed by atoms with Crippen molar-refractivity contribution in [3.05, 3.63) is 53.0 Å². The number of aromatic amines is 1. The van der Waals surface area contributed by atoms with Crippen LogP contribution in [-0.4, -0.2) is 40.9 Å². The zero-order valence-electron chi connectivity index (χ0n) is 16.8. The highest BCUT2D eigenvalue weighted by atomic mass is 15.3. The van der Waals surface area contributed by atoms with Gasteiger partial charge in [0.15, 0.2) is 5.96 Å². The van der Waals surface area contributed by atoms with Gasteiger partial charge in [-0.3, -0.25) is 9.67 Å². The first-order chi connectivity index (χ1) is 13.1. The summed E-state index contributed by atoms with van der Waals surface area (Å²) in [6.07, 6.45) is 4.07. The molecule has 0 aliphatic heterocycles. The summed E-state index contributed by atoms with van der Waals surface area (Å²) in [5.74, 6) is 0.846. The van der Waals surface area contributed by atoms with E-state index in [4.69, 9.17) is 0 Å². The molecule has 27 heavy (non-hydrogen) atoms. The minimum absolute atomic E-state index is 0.845. The molecule has 0 bridgehead atoms. The van der Waals surface area contributed by atoms with Gasteiger partial charge in [-0.1, -0.05) is 12.1 Å². The fourth-order valence-electron chi connectivity index (χ4n) is 3.38. The summed E-state index contributed by atoms with van der Waals surface area (Å²) in [5.41, 5.74) is 6.10. The van der Waals surface area contributed by atoms with Crippen molar-refractivity contribution in [2.75, 3.05) is 20.1 Å². The lowest BCUT2D eigenvalue weighted by Crippen LogP contribution is -2.39. The maximum atomic E-state index is 4.50. The number of fused-ring (bicyclic) bond motifs is 1. The van der Waals surface area contributed by atoms with E-state index >= 15 is 0 Å². The van der Waals surface area contributed by atoms with Crippen molar-refractivity contribution in [2.24, 2.45) is 4.99 Å². The molecule has 0 saturated heterocycles. The maximum Gasteiger partial charge on any atom is 0.190 e. The minimum atomic E-state index is 0.845. The van der Waals surface area contributed by atoms with Crippen molar-refractivity contribution >= 4 is 16.9 Å². The Kier molecular flexibility index (Phi) is 6.16. The highest BCUT2D eigenvalue weighted by Gasteiger charge is 2.05. The highest BCUT2D eigenvalue weighted by Crippen LogP contribution is 2.19. The Balaban J connectivity index is 1.41. The molecule has 0 amide bonds. The van der Waals surface area contributed by atoms with E-state index in [2.05, 4.69) is 74.7 Å². The Labute approximate surface area is 161 Å². The van der Waals surface area contributed by atoms with Gasteiger partial charge < -0.3 is 15.6 Å². The standard InChI is InChI=1S/C21H30N6/c1-15-6-7-19-18(14-25-20(19)12-15)8-10-24-21(22-4)23-9-5-11-27-17(3)13-16(2)26-27/h6-7,12-14,25H,5,8-11H2,1-4H3,(H2,22,23,24). The van der Waals surface area contributed by atoms with Gasteiger partial charge in [-0.2, -0.15) is 5.10 Å². The van der Waals surface area contributed by atoms with Crippen molar-refractivity contribution in [3.63, 3.8) is 0 Å². The van der Waals surface area contributed by atoms with Gasteiger partial charge in [0.25, 0.3) is 0 Å². The van der Waals surface area contributed by atoms with Crippen LogP contribution in [0.3, 0.4) is 0 Å². The third-order valence-electron chi connectivity index (χ3n) is 4.78. The van der Waals surface area contributed by atoms with Crippen LogP contribution in [0, 0.1) is 20.8 Å². The zero-order valence-corrected chi connectivity index (χ0v) is 16.8. The van der Waals surface area contributed by atoms with Crippen molar-refractivity contribution in [2.45, 2.75) is 40.2 Å². The van der Waals surface area contributed by atoms with Gasteiger partial charge in [0.1, 0.15) is 0 Å². The van der Waals surface area contributed by atoms with Gasteiger partial charge in [0.05, 0.1) is 5.69 Å². The molecule has 1 aromatic carbocycles. The maximum absolute atomic E-state index is 4.50. The molecule has 0 aliphatic rings. The van der Waals surface area contributed by atoms with Crippen LogP contribution in [0.4, 0.5) is 0 Å². The number of aliphatic imine (C=N–C) groups is 1. The molecule has 2 aromatic heterocycles. The van der Waals surface area contributed by atoms with E-state index in [1.807, 2.05) is 14.0 Å². The van der Waals surface area contributed by atoms with Crippen LogP contribution in [0.5, 0.6) is 0 Å². The fourth-order valence-corrected chi connectivity index (χ4v) is 3.38. The lowest BCUT2D eigenvalue weighted by molar-refractivity contribution is 0.555. The second kappa shape index (κ2) is 8.75. The molecule has 0 aliphatic carbocycles. The molecule has 0 spiro atoms. The van der Waals surface area contributed by atoms with E-state index in [1.54, 1.807) is 0 Å². The Morgan fingerprint density at radius 1 is 1.15 bits per heavy atom. The normalized spacial score (nSPS) is 11.9. The van der Waals surface area contributed by atoms with Gasteiger partial charge in [-0.05, 0) is 56.9 Å². The van der Waals surface area contributed by atoms with Crippen molar-refractivity contribution in [1.82, 2.24) is 25.4 Å². The van der Waals surface area contributed by atoms with Gasteiger partial charge in [0.2, 0.25) is 0 Å². The summed E-state index contributed by atoms with van der Waals surface area (Å²) in [7, 11) is 1.81. The lowest BCUT2D eigenvalue weighted by Gasteiger charge is -2.12. The van der Waals surface area contributed by atoms with Crippen LogP contribution in [0.15, 0.2) is 35.5 Å². The van der Waals surface area contributed by atoms with E-state index in [9.17, 15) is 0 Å². The molecule has 0 fully saturated rings. The van der Waals surface area contributed by atoms with Crippen molar-refractivity contribution in [3.8, 4) is 0 Å². The number of H-pyrrole nitrogens is 1. The number of guanidine groups is 1. The van der Waals surface area contributed by atoms with Crippen molar-refractivity contribution < 1.29 is 0 Å². The molecular weight excluding hydrogens is 336 g/mol. The summed E-state index contributed by atoms with van der Waals surface area (Å²) in [6.45, 7) is 8.87. The third kappa shape index (κ3) is 4.90. The molecule has 3 rings (SSSR count). The number of nitrogens with zero attached hydrogens (tertiary/aromatic N) is 3. The number of benzene rings is 1. The van der Waals surface area contributed by atoms with Gasteiger partial charge in [0, 0.05) is 49.5 Å². The van der Waals surface area contributed by atoms with Crippen LogP contribution >= 0.6 is 0 Å². The molecule has 0 saturated carbocycles. The summed E-state index contributed by atoms with van der Waals surface area (Å²) < 4.78 is 2.06. The second-order valence-corrected chi connectivity index (χ2v) is 7.04. The average Bonchev–Trinajstić information content (AvgIpc) is 3.18. The van der Waals surface area contributed by atoms with E-state index in [1.165, 1.54) is 27.7 Å². The van der Waals surface area contributed by atoms with E-state index < -0.39 is 0 Å². The molecule has 2 heterocycles. The first-order valence-electron chi connectivity index (χ1n) is 9.59. The second-order valence-electron chi connectivity index (χ2n) is 7.04. The third-order valence-corrected chi connectivity index (χ3v) is 4.78. The molecule has 3 N–H and O–H groups in total. The number of hydrogen-bond acceptors (Lipinski definition) is 2. The molecule has 6 nitrogen and oxygen atoms in total. The zero-order chi connectivity index (χ0) is 19.2. The first-order valence-corrected chi connectivity index (χ1v) is 9.59. The van der Waals surface area contributed by atoms with Crippen molar-refractivity contribution in [1.29, 1.82) is 0 Å². The topological polar surface area (TPSA) is 70.0 Å². The first kappa shape index (κ1) is 19.0. The quantitative estimate of drug-likeness (QED) is 0.342. The van der Waals surface area contributed by atoms with Crippen LogP contribution in [0.1, 0.15) is 28.9 Å². The summed E-state index contributed by atoms with van der Waals surface area (Å²) in [5, 5.41) is 12.6. The average molecular weight is 367 g/mol. The largest absolute Gasteiger partial charge is 0.361 e. The number of aryl methyl sites for hydroxylation is 4. The van der Waals surface area contributed by atoms with Gasteiger partial charge >= 0.3 is 0 Å². The van der Waals surface area contributed by atoms with E-state index in [-0.39, 0.29) is 0 Å². The van der Waals surface area contributed by atoms with Crippen LogP contribution in [0.25, 0.3) is 10.9 Å². The smallest absolute Gasteiger partial charge is 0.190 e. The summed E-state index contributed by atoms with van der Waals surface area (Å²) in [4.78, 5) is 7.67. The van der Waals surface area contributed by atoms with Gasteiger partial charge in [-0.25, -0.2) is 0 Å². The molecule has 6 heteroatoms. The van der Waals surface area contributed by atoms with E-state index in [0.717, 1.165) is 44.1 Å². The monoisotopic (exact) mass is 366 g/mol. The summed E-state index contributed by atoms with van der Waals surface area (Å²) in [6, 6.07) is 8.66. The number of hydrogen-bond donors (Lipinski definition) is 3. The predicted molar refractivity (Wildman–Crippen MR) is 112 cm³/mol. The Bertz CT molecular complexity index is 918. The molecular formula is C21H30N6. The minimum Gasteiger partial charge on any atom is -0.361 e. The number of rotatable bonds is 7. The predicted octanol–water partition coefficient (Wildman–Crippen LogP) is 3.09. The van der Waals surface area contributed by atoms with Gasteiger partial charge in [-0.15, -0.1) is 0 Å². The highest BCUT2D eigenvalue weighted by molar-refractivity contribution is 5.84. The Hall–Kier alpha value is -2.76. The summed E-state index contributed by atoms with van der Waals surface area (Å²) >= 11 is 0. The molecule has 0 radical (unpaired) electrons. The number of aromatic nitrogens is 3. The number of nitrogens with one attached hydrogen (secondary N) is 3.